The van der Waals surface area contributed by atoms with Crippen molar-refractivity contribution in [3.8, 4) is 0 Å². The molecule has 1 atom stereocenters. The maximum Gasteiger partial charge on any atom is 0.326 e. The molecule has 0 saturated heterocycles. The molecule has 0 bridgehead atoms. The van der Waals surface area contributed by atoms with E-state index in [-0.39, 0.29) is 5.92 Å². The fourth-order valence-electron chi connectivity index (χ4n) is 1.94. The van der Waals surface area contributed by atoms with Gasteiger partial charge < -0.3 is 20.3 Å². The lowest BCUT2D eigenvalue weighted by atomic mass is 10.0. The minimum absolute atomic E-state index is 0.210. The molecule has 2 amide bonds. The van der Waals surface area contributed by atoms with Crippen LogP contribution >= 0.6 is 0 Å². The van der Waals surface area contributed by atoms with Crippen molar-refractivity contribution in [1.29, 1.82) is 0 Å². The van der Waals surface area contributed by atoms with E-state index in [1.807, 2.05) is 24.6 Å². The molecule has 0 radical (unpaired) electrons. The maximum absolute atomic E-state index is 11.6. The highest BCUT2D eigenvalue weighted by Gasteiger charge is 2.20. The zero-order valence-corrected chi connectivity index (χ0v) is 12.6. The van der Waals surface area contributed by atoms with Gasteiger partial charge in [0.2, 0.25) is 0 Å². The van der Waals surface area contributed by atoms with Crippen LogP contribution in [0, 0.1) is 5.92 Å². The predicted octanol–water partition coefficient (Wildman–Crippen LogP) is 1.46. The smallest absolute Gasteiger partial charge is 0.326 e. The number of hydrogen-bond acceptors (Lipinski definition) is 3. The quantitative estimate of drug-likeness (QED) is 0.601. The number of amides is 2. The van der Waals surface area contributed by atoms with E-state index in [2.05, 4.69) is 15.6 Å². The number of aliphatic carboxylic acids is 1. The summed E-state index contributed by atoms with van der Waals surface area (Å²) in [5, 5.41) is 14.2. The summed E-state index contributed by atoms with van der Waals surface area (Å²) in [7, 11) is 0. The van der Waals surface area contributed by atoms with Crippen molar-refractivity contribution in [1.82, 2.24) is 20.2 Å². The number of unbranched alkanes of at least 4 members (excludes halogenated alkanes) is 1. The van der Waals surface area contributed by atoms with Crippen molar-refractivity contribution < 1.29 is 14.7 Å². The van der Waals surface area contributed by atoms with Gasteiger partial charge in [0.25, 0.3) is 0 Å². The number of carboxylic acid groups (broad SMARTS) is 1. The average molecular weight is 296 g/mol. The summed E-state index contributed by atoms with van der Waals surface area (Å²) in [6, 6.07) is -1.26. The van der Waals surface area contributed by atoms with Gasteiger partial charge in [0.15, 0.2) is 0 Å². The third-order valence-corrected chi connectivity index (χ3v) is 3.00. The standard InChI is InChI=1S/C14H24N4O3/c1-11(2)9-12(13(19)20)17-14(21)16-5-3-4-7-18-8-6-15-10-18/h6,8,10-12H,3-5,7,9H2,1-2H3,(H,19,20)(H2,16,17,21)/t12-/m0/s1. The van der Waals surface area contributed by atoms with Gasteiger partial charge in [-0.1, -0.05) is 13.8 Å². The van der Waals surface area contributed by atoms with E-state index >= 15 is 0 Å². The summed E-state index contributed by atoms with van der Waals surface area (Å²) in [4.78, 5) is 26.6. The third-order valence-electron chi connectivity index (χ3n) is 3.00. The van der Waals surface area contributed by atoms with Crippen LogP contribution in [0.1, 0.15) is 33.1 Å². The molecule has 1 aromatic rings. The fraction of sp³-hybridized carbons (Fsp3) is 0.643. The normalized spacial score (nSPS) is 12.1. The molecule has 0 unspecified atom stereocenters. The number of hydrogen-bond donors (Lipinski definition) is 3. The second-order valence-corrected chi connectivity index (χ2v) is 5.43. The second kappa shape index (κ2) is 8.99. The van der Waals surface area contributed by atoms with Crippen LogP contribution in [0.4, 0.5) is 4.79 Å². The van der Waals surface area contributed by atoms with E-state index in [4.69, 9.17) is 5.11 Å². The van der Waals surface area contributed by atoms with E-state index in [1.165, 1.54) is 0 Å². The monoisotopic (exact) mass is 296 g/mol. The van der Waals surface area contributed by atoms with Crippen LogP contribution in [-0.4, -0.2) is 39.2 Å². The van der Waals surface area contributed by atoms with Crippen LogP contribution < -0.4 is 10.6 Å². The number of aromatic nitrogens is 2. The zero-order chi connectivity index (χ0) is 15.7. The molecule has 0 aliphatic heterocycles. The van der Waals surface area contributed by atoms with E-state index < -0.39 is 18.0 Å². The van der Waals surface area contributed by atoms with Crippen LogP contribution in [0.25, 0.3) is 0 Å². The maximum atomic E-state index is 11.6. The molecule has 0 aromatic carbocycles. The summed E-state index contributed by atoms with van der Waals surface area (Å²) in [6.07, 6.45) is 7.54. The van der Waals surface area contributed by atoms with Gasteiger partial charge in [-0.15, -0.1) is 0 Å². The minimum atomic E-state index is -1.00. The molecule has 0 aliphatic carbocycles. The van der Waals surface area contributed by atoms with Crippen LogP contribution in [0.3, 0.4) is 0 Å². The van der Waals surface area contributed by atoms with Crippen LogP contribution in [-0.2, 0) is 11.3 Å². The molecule has 0 fully saturated rings. The number of nitrogens with one attached hydrogen (secondary N) is 2. The first kappa shape index (κ1) is 17.0. The van der Waals surface area contributed by atoms with Crippen molar-refractivity contribution in [2.45, 2.75) is 45.7 Å². The topological polar surface area (TPSA) is 96.3 Å². The molecule has 7 nitrogen and oxygen atoms in total. The summed E-state index contributed by atoms with van der Waals surface area (Å²) in [5.74, 6) is -0.791. The SMILES string of the molecule is CC(C)C[C@H](NC(=O)NCCCCn1ccnc1)C(=O)O. The zero-order valence-electron chi connectivity index (χ0n) is 12.6. The molecule has 0 spiro atoms. The van der Waals surface area contributed by atoms with Gasteiger partial charge in [-0.05, 0) is 25.2 Å². The first-order valence-electron chi connectivity index (χ1n) is 7.22. The van der Waals surface area contributed by atoms with Gasteiger partial charge in [-0.2, -0.15) is 0 Å². The third kappa shape index (κ3) is 7.34. The Bertz CT molecular complexity index is 431. The molecule has 1 heterocycles. The highest BCUT2D eigenvalue weighted by molar-refractivity contribution is 5.82. The molecule has 7 heteroatoms. The Balaban J connectivity index is 2.15. The van der Waals surface area contributed by atoms with Crippen molar-refractivity contribution in [3.63, 3.8) is 0 Å². The lowest BCUT2D eigenvalue weighted by Crippen LogP contribution is -2.46. The van der Waals surface area contributed by atoms with Gasteiger partial charge in [0, 0.05) is 25.5 Å². The molecule has 1 rings (SSSR count). The number of imidazole rings is 1. The van der Waals surface area contributed by atoms with Gasteiger partial charge in [-0.25, -0.2) is 14.6 Å². The van der Waals surface area contributed by atoms with Crippen molar-refractivity contribution in [2.24, 2.45) is 5.92 Å². The summed E-state index contributed by atoms with van der Waals surface area (Å²) >= 11 is 0. The van der Waals surface area contributed by atoms with E-state index in [1.54, 1.807) is 12.5 Å². The highest BCUT2D eigenvalue weighted by Crippen LogP contribution is 2.04. The molecule has 118 valence electrons. The number of aryl methyl sites for hydroxylation is 1. The predicted molar refractivity (Wildman–Crippen MR) is 78.9 cm³/mol. The second-order valence-electron chi connectivity index (χ2n) is 5.43. The number of urea groups is 1. The van der Waals surface area contributed by atoms with Crippen molar-refractivity contribution >= 4 is 12.0 Å². The Kier molecular flexibility index (Phi) is 7.28. The average Bonchev–Trinajstić information content (AvgIpc) is 2.90. The molecule has 21 heavy (non-hydrogen) atoms. The summed E-state index contributed by atoms with van der Waals surface area (Å²) in [6.45, 7) is 5.22. The number of carboxylic acids is 1. The molecular weight excluding hydrogens is 272 g/mol. The van der Waals surface area contributed by atoms with Gasteiger partial charge in [0.1, 0.15) is 6.04 Å². The summed E-state index contributed by atoms with van der Waals surface area (Å²) in [5.41, 5.74) is 0. The molecule has 3 N–H and O–H groups in total. The molecule has 1 aromatic heterocycles. The van der Waals surface area contributed by atoms with Gasteiger partial charge >= 0.3 is 12.0 Å². The van der Waals surface area contributed by atoms with E-state index in [9.17, 15) is 9.59 Å². The Morgan fingerprint density at radius 2 is 2.10 bits per heavy atom. The Morgan fingerprint density at radius 1 is 1.33 bits per heavy atom. The van der Waals surface area contributed by atoms with Crippen molar-refractivity contribution in [2.75, 3.05) is 6.54 Å². The Hall–Kier alpha value is -2.05. The lowest BCUT2D eigenvalue weighted by Gasteiger charge is -2.16. The first-order chi connectivity index (χ1) is 9.99. The Labute approximate surface area is 124 Å². The highest BCUT2D eigenvalue weighted by atomic mass is 16.4. The Morgan fingerprint density at radius 3 is 2.67 bits per heavy atom. The number of nitrogens with zero attached hydrogens (tertiary/aromatic N) is 2. The first-order valence-corrected chi connectivity index (χ1v) is 7.22. The molecule has 0 aliphatic rings. The van der Waals surface area contributed by atoms with E-state index in [0.717, 1.165) is 19.4 Å². The largest absolute Gasteiger partial charge is 0.480 e. The number of carbonyl (C=O) groups excluding carboxylic acids is 1. The summed E-state index contributed by atoms with van der Waals surface area (Å²) < 4.78 is 1.98. The van der Waals surface area contributed by atoms with Crippen LogP contribution in [0.15, 0.2) is 18.7 Å². The lowest BCUT2D eigenvalue weighted by molar-refractivity contribution is -0.139. The minimum Gasteiger partial charge on any atom is -0.480 e. The van der Waals surface area contributed by atoms with Gasteiger partial charge in [0.05, 0.1) is 6.33 Å². The van der Waals surface area contributed by atoms with Crippen LogP contribution in [0.5, 0.6) is 0 Å². The van der Waals surface area contributed by atoms with Crippen LogP contribution in [0.2, 0.25) is 0 Å². The van der Waals surface area contributed by atoms with E-state index in [0.29, 0.717) is 13.0 Å². The number of rotatable bonds is 9. The van der Waals surface area contributed by atoms with Gasteiger partial charge in [-0.3, -0.25) is 0 Å². The van der Waals surface area contributed by atoms with Crippen molar-refractivity contribution in [3.05, 3.63) is 18.7 Å². The molecule has 0 saturated carbocycles. The fourth-order valence-corrected chi connectivity index (χ4v) is 1.94. The number of carbonyl (C=O) groups is 2. The molecular formula is C14H24N4O3.